The quantitative estimate of drug-likeness (QED) is 0.496. The topological polar surface area (TPSA) is 29.6 Å². The van der Waals surface area contributed by atoms with Crippen LogP contribution in [0, 0.1) is 0 Å². The van der Waals surface area contributed by atoms with Crippen molar-refractivity contribution in [2.45, 2.75) is 49.2 Å². The number of carbonyl (C=O) groups excluding carboxylic acids is 1. The van der Waals surface area contributed by atoms with Gasteiger partial charge in [0, 0.05) is 6.42 Å². The lowest BCUT2D eigenvalue weighted by atomic mass is 9.78. The van der Waals surface area contributed by atoms with Gasteiger partial charge in [0.25, 0.3) is 5.60 Å². The van der Waals surface area contributed by atoms with Crippen LogP contribution in [0.3, 0.4) is 0 Å². The van der Waals surface area contributed by atoms with Gasteiger partial charge in [-0.05, 0) is 19.3 Å². The second-order valence-electron chi connectivity index (χ2n) is 4.24. The third kappa shape index (κ3) is 1.36. The lowest BCUT2D eigenvalue weighted by molar-refractivity contribution is -0.293. The molecule has 17 heavy (non-hydrogen) atoms. The van der Waals surface area contributed by atoms with Gasteiger partial charge >= 0.3 is 12.4 Å². The van der Waals surface area contributed by atoms with Gasteiger partial charge in [-0.2, -0.15) is 26.3 Å². The molecule has 2 nitrogen and oxygen atoms in total. The molecule has 1 aliphatic carbocycles. The maximum atomic E-state index is 12.6. The molecule has 98 valence electrons. The summed E-state index contributed by atoms with van der Waals surface area (Å²) >= 11 is 0. The molecule has 1 spiro atoms. The van der Waals surface area contributed by atoms with Crippen LogP contribution < -0.4 is 0 Å². The number of alkyl halides is 6. The third-order valence-electron chi connectivity index (χ3n) is 3.29. The van der Waals surface area contributed by atoms with Gasteiger partial charge in [-0.25, -0.2) is 0 Å². The van der Waals surface area contributed by atoms with Crippen LogP contribution in [0.15, 0.2) is 0 Å². The summed E-state index contributed by atoms with van der Waals surface area (Å²) in [5.41, 5.74) is -7.01. The van der Waals surface area contributed by atoms with Crippen LogP contribution in [0.5, 0.6) is 0 Å². The average Bonchev–Trinajstić information content (AvgIpc) is 2.81. The van der Waals surface area contributed by atoms with Gasteiger partial charge in [0.2, 0.25) is 0 Å². The van der Waals surface area contributed by atoms with Crippen LogP contribution in [-0.2, 0) is 9.53 Å². The molecule has 0 amide bonds. The van der Waals surface area contributed by atoms with Crippen molar-refractivity contribution in [3.63, 3.8) is 0 Å². The zero-order valence-corrected chi connectivity index (χ0v) is 8.41. The fourth-order valence-electron chi connectivity index (χ4n) is 2.45. The van der Waals surface area contributed by atoms with E-state index in [0.717, 1.165) is 0 Å². The summed E-state index contributed by atoms with van der Waals surface area (Å²) in [6, 6.07) is 0. The van der Waals surface area contributed by atoms with Crippen molar-refractivity contribution < 1.29 is 35.9 Å². The fraction of sp³-hybridized carbons (Fsp3) is 0.889. The largest absolute Gasteiger partial charge is 0.430 e. The van der Waals surface area contributed by atoms with Crippen molar-refractivity contribution in [2.24, 2.45) is 0 Å². The van der Waals surface area contributed by atoms with E-state index >= 15 is 0 Å². The van der Waals surface area contributed by atoms with Crippen molar-refractivity contribution >= 4 is 5.78 Å². The Balaban J connectivity index is 2.45. The van der Waals surface area contributed by atoms with Crippen molar-refractivity contribution in [3.8, 4) is 0 Å². The number of carbonyl (C=O) groups is 1. The predicted octanol–water partition coefficient (Wildman–Crippen LogP) is 2.76. The van der Waals surface area contributed by atoms with E-state index in [0.29, 0.717) is 6.42 Å². The molecule has 8 heteroatoms. The van der Waals surface area contributed by atoms with Crippen LogP contribution in [-0.4, -0.2) is 29.3 Å². The molecule has 1 saturated carbocycles. The minimum Gasteiger partial charge on any atom is -0.337 e. The first-order chi connectivity index (χ1) is 7.58. The Morgan fingerprint density at radius 3 is 1.88 bits per heavy atom. The van der Waals surface area contributed by atoms with Crippen LogP contribution >= 0.6 is 0 Å². The van der Waals surface area contributed by atoms with Crippen LogP contribution in [0.2, 0.25) is 0 Å². The Kier molecular flexibility index (Phi) is 2.35. The smallest absolute Gasteiger partial charge is 0.337 e. The molecule has 0 aromatic carbocycles. The number of rotatable bonds is 0. The molecule has 2 aliphatic rings. The molecule has 1 atom stereocenters. The highest BCUT2D eigenvalue weighted by molar-refractivity contribution is 5.93. The Labute approximate surface area is 91.9 Å². The molecule has 2 rings (SSSR count). The average molecular weight is 262 g/mol. The third-order valence-corrected chi connectivity index (χ3v) is 3.29. The zero-order chi connectivity index (χ0) is 13.1. The van der Waals surface area contributed by atoms with Gasteiger partial charge in [0.15, 0.2) is 11.4 Å². The predicted molar refractivity (Wildman–Crippen MR) is 42.1 cm³/mol. The molecular weight excluding hydrogens is 254 g/mol. The molecule has 1 saturated heterocycles. The molecular formula is C9H8F6O2. The Morgan fingerprint density at radius 1 is 1.00 bits per heavy atom. The molecule has 1 aliphatic heterocycles. The lowest BCUT2D eigenvalue weighted by Crippen LogP contribution is -2.54. The molecule has 0 aromatic heterocycles. The number of ether oxygens (including phenoxy) is 1. The van der Waals surface area contributed by atoms with E-state index in [1.165, 1.54) is 0 Å². The van der Waals surface area contributed by atoms with E-state index in [-0.39, 0.29) is 12.8 Å². The van der Waals surface area contributed by atoms with Crippen molar-refractivity contribution in [1.82, 2.24) is 0 Å². The monoisotopic (exact) mass is 262 g/mol. The Morgan fingerprint density at radius 2 is 1.53 bits per heavy atom. The second kappa shape index (κ2) is 3.15. The highest BCUT2D eigenvalue weighted by atomic mass is 19.4. The molecule has 1 heterocycles. The Bertz CT molecular complexity index is 343. The van der Waals surface area contributed by atoms with Gasteiger partial charge in [-0.15, -0.1) is 0 Å². The molecule has 0 N–H and O–H groups in total. The first-order valence-electron chi connectivity index (χ1n) is 4.95. The first kappa shape index (κ1) is 12.7. The summed E-state index contributed by atoms with van der Waals surface area (Å²) in [6.45, 7) is 0. The summed E-state index contributed by atoms with van der Waals surface area (Å²) < 4.78 is 79.6. The van der Waals surface area contributed by atoms with E-state index in [4.69, 9.17) is 0 Å². The van der Waals surface area contributed by atoms with Gasteiger partial charge in [-0.3, -0.25) is 4.79 Å². The summed E-state index contributed by atoms with van der Waals surface area (Å²) in [5.74, 6) is -1.10. The van der Waals surface area contributed by atoms with Crippen LogP contribution in [0.25, 0.3) is 0 Å². The molecule has 0 radical (unpaired) electrons. The van der Waals surface area contributed by atoms with E-state index in [2.05, 4.69) is 4.74 Å². The van der Waals surface area contributed by atoms with E-state index in [1.54, 1.807) is 0 Å². The maximum Gasteiger partial charge on any atom is 0.430 e. The highest BCUT2D eigenvalue weighted by Crippen LogP contribution is 2.68. The maximum absolute atomic E-state index is 12.6. The van der Waals surface area contributed by atoms with E-state index in [1.807, 2.05) is 0 Å². The number of ketones is 1. The van der Waals surface area contributed by atoms with Gasteiger partial charge in [0.05, 0.1) is 0 Å². The van der Waals surface area contributed by atoms with Crippen molar-refractivity contribution in [3.05, 3.63) is 0 Å². The fourth-order valence-corrected chi connectivity index (χ4v) is 2.45. The summed E-state index contributed by atoms with van der Waals surface area (Å²) in [5, 5.41) is 0. The van der Waals surface area contributed by atoms with Gasteiger partial charge in [0.1, 0.15) is 0 Å². The Hall–Kier alpha value is -0.790. The number of Topliss-reactive ketones (excluding diaryl/α,β-unsaturated/α-hetero) is 1. The first-order valence-corrected chi connectivity index (χ1v) is 4.95. The normalized spacial score (nSPS) is 32.9. The van der Waals surface area contributed by atoms with Crippen LogP contribution in [0.1, 0.15) is 25.7 Å². The molecule has 2 fully saturated rings. The summed E-state index contributed by atoms with van der Waals surface area (Å²) in [6.07, 6.45) is -11.6. The van der Waals surface area contributed by atoms with Crippen molar-refractivity contribution in [1.29, 1.82) is 0 Å². The molecule has 0 aromatic rings. The summed E-state index contributed by atoms with van der Waals surface area (Å²) in [4.78, 5) is 11.4. The lowest BCUT2D eigenvalue weighted by Gasteiger charge is -2.25. The number of hydrogen-bond acceptors (Lipinski definition) is 2. The molecule has 1 unspecified atom stereocenters. The zero-order valence-electron chi connectivity index (χ0n) is 8.41. The SMILES string of the molecule is O=C1CCCCC12OC2(C(F)(F)F)C(F)(F)F. The highest BCUT2D eigenvalue weighted by Gasteiger charge is 2.95. The molecule has 0 bridgehead atoms. The van der Waals surface area contributed by atoms with Gasteiger partial charge < -0.3 is 4.74 Å². The van der Waals surface area contributed by atoms with Gasteiger partial charge in [-0.1, -0.05) is 0 Å². The second-order valence-corrected chi connectivity index (χ2v) is 4.24. The number of halogens is 6. The number of hydrogen-bond donors (Lipinski definition) is 0. The van der Waals surface area contributed by atoms with E-state index in [9.17, 15) is 31.1 Å². The van der Waals surface area contributed by atoms with Crippen molar-refractivity contribution in [2.75, 3.05) is 0 Å². The summed E-state index contributed by atoms with van der Waals surface area (Å²) in [7, 11) is 0. The standard InChI is InChI=1S/C9H8F6O2/c10-8(11,12)7(9(13,14)15)6(17-7)4-2-1-3-5(6)16/h1-4H2. The van der Waals surface area contributed by atoms with Crippen LogP contribution in [0.4, 0.5) is 26.3 Å². The minimum atomic E-state index is -5.63. The van der Waals surface area contributed by atoms with E-state index < -0.39 is 35.8 Å². The minimum absolute atomic E-state index is 0.125. The number of epoxide rings is 1.